The van der Waals surface area contributed by atoms with Crippen molar-refractivity contribution in [2.24, 2.45) is 0 Å². The second kappa shape index (κ2) is 24.4. The molecule has 0 heterocycles. The maximum Gasteiger partial charge on any atom is 0.115 e. The molecule has 0 aromatic carbocycles. The van der Waals surface area contributed by atoms with E-state index >= 15 is 0 Å². The molecule has 0 aromatic rings. The summed E-state index contributed by atoms with van der Waals surface area (Å²) >= 11 is 2.05. The molecule has 0 fully saturated rings. The summed E-state index contributed by atoms with van der Waals surface area (Å²) in [5.74, 6) is 2.34. The Hall–Kier alpha value is 0.710. The van der Waals surface area contributed by atoms with Crippen molar-refractivity contribution in [3.05, 3.63) is 0 Å². The van der Waals surface area contributed by atoms with E-state index in [2.05, 4.69) is 27.9 Å². The van der Waals surface area contributed by atoms with Crippen molar-refractivity contribution >= 4 is 11.8 Å². The third-order valence-electron chi connectivity index (χ3n) is 5.75. The van der Waals surface area contributed by atoms with Gasteiger partial charge in [0.2, 0.25) is 0 Å². The van der Waals surface area contributed by atoms with E-state index in [0.29, 0.717) is 6.10 Å². The van der Waals surface area contributed by atoms with Crippen LogP contribution in [0.2, 0.25) is 0 Å². The zero-order valence-electron chi connectivity index (χ0n) is 20.8. The summed E-state index contributed by atoms with van der Waals surface area (Å²) in [7, 11) is 4.36. The first kappa shape index (κ1) is 32.9. The molecule has 0 saturated carbocycles. The van der Waals surface area contributed by atoms with Gasteiger partial charge in [-0.25, -0.2) is 0 Å². The largest absolute Gasteiger partial charge is 1.00 e. The Balaban J connectivity index is 0. The first-order chi connectivity index (χ1) is 14.1. The summed E-state index contributed by atoms with van der Waals surface area (Å²) in [6, 6.07) is 0. The fraction of sp³-hybridized carbons (Fsp3) is 1.00. The molecule has 1 atom stereocenters. The zero-order valence-corrected chi connectivity index (χ0v) is 23.2. The minimum Gasteiger partial charge on any atom is -1.00 e. The summed E-state index contributed by atoms with van der Waals surface area (Å²) < 4.78 is 6.76. The molecule has 1 unspecified atom stereocenters. The van der Waals surface area contributed by atoms with Crippen LogP contribution in [0.3, 0.4) is 0 Å². The Morgan fingerprint density at radius 3 is 1.67 bits per heavy atom. The average molecular weight is 513 g/mol. The molecule has 0 rings (SSSR count). The van der Waals surface area contributed by atoms with Crippen molar-refractivity contribution in [3.8, 4) is 0 Å². The molecule has 0 spiro atoms. The van der Waals surface area contributed by atoms with Gasteiger partial charge in [0.15, 0.2) is 0 Å². The Bertz CT molecular complexity index is 332. The van der Waals surface area contributed by atoms with Gasteiger partial charge in [-0.3, -0.25) is 0 Å². The molecule has 3 nitrogen and oxygen atoms in total. The number of thioether (sulfide) groups is 1. The number of halogens is 1. The third kappa shape index (κ3) is 23.4. The molecule has 0 bridgehead atoms. The van der Waals surface area contributed by atoms with E-state index in [1.165, 1.54) is 95.6 Å². The summed E-state index contributed by atoms with van der Waals surface area (Å²) in [5, 5.41) is 9.21. The fourth-order valence-electron chi connectivity index (χ4n) is 3.92. The number of rotatable bonds is 23. The molecule has 0 saturated heterocycles. The van der Waals surface area contributed by atoms with Crippen molar-refractivity contribution in [2.75, 3.05) is 51.9 Å². The van der Waals surface area contributed by atoms with E-state index in [1.54, 1.807) is 0 Å². The molecule has 30 heavy (non-hydrogen) atoms. The van der Waals surface area contributed by atoms with Crippen LogP contribution >= 0.6 is 11.8 Å². The van der Waals surface area contributed by atoms with Gasteiger partial charge in [-0.1, -0.05) is 90.4 Å². The Morgan fingerprint density at radius 2 is 1.23 bits per heavy atom. The predicted molar refractivity (Wildman–Crippen MR) is 132 cm³/mol. The van der Waals surface area contributed by atoms with E-state index in [9.17, 15) is 5.11 Å². The molecular weight excluding hydrogens is 458 g/mol. The van der Waals surface area contributed by atoms with Gasteiger partial charge in [-0.15, -0.1) is 0 Å². The standard InChI is InChI=1S/C25H54NO2S.BrH/c1-5-7-8-9-10-11-12-13-14-15-16-17-18-19-22-29-24-25(28-6-2)23-26(3,4)20-21-27;/h25,27H,5-24H2,1-4H3;1H/q+1;/p-1. The van der Waals surface area contributed by atoms with E-state index in [-0.39, 0.29) is 23.6 Å². The third-order valence-corrected chi connectivity index (χ3v) is 6.94. The lowest BCUT2D eigenvalue weighted by Crippen LogP contribution is -3.00. The Kier molecular flexibility index (Phi) is 26.7. The van der Waals surface area contributed by atoms with Gasteiger partial charge in [0.1, 0.15) is 19.2 Å². The van der Waals surface area contributed by atoms with E-state index in [1.807, 2.05) is 11.8 Å². The molecule has 0 radical (unpaired) electrons. The van der Waals surface area contributed by atoms with Crippen LogP contribution in [0.25, 0.3) is 0 Å². The first-order valence-electron chi connectivity index (χ1n) is 12.7. The molecule has 184 valence electrons. The molecule has 0 aliphatic carbocycles. The summed E-state index contributed by atoms with van der Waals surface area (Å²) in [6.45, 7) is 7.19. The van der Waals surface area contributed by atoms with Crippen LogP contribution in [-0.2, 0) is 4.74 Å². The number of hydrogen-bond donors (Lipinski definition) is 1. The smallest absolute Gasteiger partial charge is 0.115 e. The van der Waals surface area contributed by atoms with Gasteiger partial charge in [0.25, 0.3) is 0 Å². The van der Waals surface area contributed by atoms with Gasteiger partial charge >= 0.3 is 0 Å². The number of likely N-dealkylation sites (N-methyl/N-ethyl adjacent to an activating group) is 1. The van der Waals surface area contributed by atoms with Gasteiger partial charge in [0, 0.05) is 12.4 Å². The van der Waals surface area contributed by atoms with Gasteiger partial charge in [0.05, 0.1) is 20.7 Å². The number of aliphatic hydroxyl groups is 1. The molecule has 5 heteroatoms. The number of aliphatic hydroxyl groups excluding tert-OH is 1. The number of unbranched alkanes of at least 4 members (excludes halogenated alkanes) is 13. The van der Waals surface area contributed by atoms with Gasteiger partial charge in [-0.2, -0.15) is 11.8 Å². The van der Waals surface area contributed by atoms with Crippen molar-refractivity contribution < 1.29 is 31.3 Å². The quantitative estimate of drug-likeness (QED) is 0.167. The number of quaternary nitrogens is 1. The van der Waals surface area contributed by atoms with E-state index in [0.717, 1.165) is 29.9 Å². The Labute approximate surface area is 204 Å². The van der Waals surface area contributed by atoms with Crippen LogP contribution < -0.4 is 17.0 Å². The normalized spacial score (nSPS) is 12.7. The highest BCUT2D eigenvalue weighted by Gasteiger charge is 2.21. The van der Waals surface area contributed by atoms with Crippen LogP contribution in [-0.4, -0.2) is 67.6 Å². The SMILES string of the molecule is CCCCCCCCCCCCCCCCSCC(C[N+](C)(C)CCO)OCC.[Br-]. The summed E-state index contributed by atoms with van der Waals surface area (Å²) in [5.41, 5.74) is 0. The number of nitrogens with zero attached hydrogens (tertiary/aromatic N) is 1. The number of hydrogen-bond acceptors (Lipinski definition) is 3. The minimum atomic E-state index is 0. The van der Waals surface area contributed by atoms with Gasteiger partial charge in [-0.05, 0) is 19.1 Å². The lowest BCUT2D eigenvalue weighted by molar-refractivity contribution is -0.893. The van der Waals surface area contributed by atoms with Crippen molar-refractivity contribution in [1.82, 2.24) is 0 Å². The molecular formula is C25H54BrNO2S. The highest BCUT2D eigenvalue weighted by atomic mass is 79.9. The van der Waals surface area contributed by atoms with Crippen LogP contribution in [0.5, 0.6) is 0 Å². The maximum absolute atomic E-state index is 9.21. The molecule has 0 aromatic heterocycles. The molecule has 0 aliphatic heterocycles. The lowest BCUT2D eigenvalue weighted by Gasteiger charge is -2.32. The van der Waals surface area contributed by atoms with Crippen molar-refractivity contribution in [3.63, 3.8) is 0 Å². The van der Waals surface area contributed by atoms with E-state index in [4.69, 9.17) is 4.74 Å². The van der Waals surface area contributed by atoms with Crippen molar-refractivity contribution in [1.29, 1.82) is 0 Å². The van der Waals surface area contributed by atoms with E-state index < -0.39 is 0 Å². The highest BCUT2D eigenvalue weighted by molar-refractivity contribution is 7.99. The average Bonchev–Trinajstić information content (AvgIpc) is 2.67. The van der Waals surface area contributed by atoms with Crippen LogP contribution in [0.1, 0.15) is 104 Å². The lowest BCUT2D eigenvalue weighted by atomic mass is 10.0. The predicted octanol–water partition coefficient (Wildman–Crippen LogP) is 3.68. The van der Waals surface area contributed by atoms with Crippen LogP contribution in [0.4, 0.5) is 0 Å². The van der Waals surface area contributed by atoms with Gasteiger partial charge < -0.3 is 31.3 Å². The number of ether oxygens (including phenoxy) is 1. The zero-order chi connectivity index (χ0) is 21.6. The highest BCUT2D eigenvalue weighted by Crippen LogP contribution is 2.15. The molecule has 0 aliphatic rings. The van der Waals surface area contributed by atoms with Crippen LogP contribution in [0.15, 0.2) is 0 Å². The fourth-order valence-corrected chi connectivity index (χ4v) is 4.96. The Morgan fingerprint density at radius 1 is 0.767 bits per heavy atom. The maximum atomic E-state index is 9.21. The molecule has 1 N–H and O–H groups in total. The minimum absolute atomic E-state index is 0. The molecule has 0 amide bonds. The summed E-state index contributed by atoms with van der Waals surface area (Å²) in [4.78, 5) is 0. The van der Waals surface area contributed by atoms with Crippen molar-refractivity contribution in [2.45, 2.75) is 110 Å². The second-order valence-corrected chi connectivity index (χ2v) is 10.5. The monoisotopic (exact) mass is 511 g/mol. The topological polar surface area (TPSA) is 29.5 Å². The second-order valence-electron chi connectivity index (χ2n) is 9.31. The summed E-state index contributed by atoms with van der Waals surface area (Å²) in [6.07, 6.45) is 20.3. The first-order valence-corrected chi connectivity index (χ1v) is 13.8. The van der Waals surface area contributed by atoms with Crippen LogP contribution in [0, 0.1) is 0 Å².